The molecule has 0 aliphatic carbocycles. The first-order valence-electron chi connectivity index (χ1n) is 9.32. The van der Waals surface area contributed by atoms with Crippen molar-refractivity contribution in [1.82, 2.24) is 4.90 Å². The number of hydrogen-bond acceptors (Lipinski definition) is 4. The van der Waals surface area contributed by atoms with E-state index in [1.165, 1.54) is 34.4 Å². The van der Waals surface area contributed by atoms with Crippen LogP contribution in [0.2, 0.25) is 0 Å². The smallest absolute Gasteiger partial charge is 0.242 e. The predicted molar refractivity (Wildman–Crippen MR) is 116 cm³/mol. The number of carbonyl (C=O) groups is 2. The van der Waals surface area contributed by atoms with E-state index in [9.17, 15) is 14.0 Å². The molecule has 150 valence electrons. The van der Waals surface area contributed by atoms with E-state index >= 15 is 0 Å². The van der Waals surface area contributed by atoms with Gasteiger partial charge in [0, 0.05) is 13.0 Å². The van der Waals surface area contributed by atoms with Gasteiger partial charge in [0.15, 0.2) is 5.17 Å². The summed E-state index contributed by atoms with van der Waals surface area (Å²) in [5, 5.41) is 2.44. The number of hydrogen-bond donors (Lipinski definition) is 1. The van der Waals surface area contributed by atoms with Crippen LogP contribution in [0, 0.1) is 5.82 Å². The van der Waals surface area contributed by atoms with E-state index in [0.29, 0.717) is 11.7 Å². The van der Waals surface area contributed by atoms with Crippen molar-refractivity contribution in [2.75, 3.05) is 11.9 Å². The van der Waals surface area contributed by atoms with E-state index in [2.05, 4.69) is 23.8 Å². The molecule has 1 aliphatic heterocycles. The molecule has 0 saturated carbocycles. The van der Waals surface area contributed by atoms with Crippen LogP contribution in [0.5, 0.6) is 0 Å². The first-order valence-corrected chi connectivity index (χ1v) is 10.2. The molecule has 0 bridgehead atoms. The highest BCUT2D eigenvalue weighted by molar-refractivity contribution is 8.15. The number of carbonyl (C=O) groups excluding carboxylic acids is 2. The monoisotopic (exact) mass is 411 g/mol. The Morgan fingerprint density at radius 3 is 2.66 bits per heavy atom. The average molecular weight is 412 g/mol. The SMILES string of the molecule is C=CCN1C(=O)C(CC(=O)Nc2ccccc2F)SC1=Nc1ccc(CC)cc1. The highest BCUT2D eigenvalue weighted by atomic mass is 32.2. The number of thioether (sulfide) groups is 1. The van der Waals surface area contributed by atoms with Gasteiger partial charge in [0.1, 0.15) is 11.1 Å². The number of benzene rings is 2. The van der Waals surface area contributed by atoms with Gasteiger partial charge in [0.05, 0.1) is 11.4 Å². The summed E-state index contributed by atoms with van der Waals surface area (Å²) in [6.07, 6.45) is 2.49. The molecule has 29 heavy (non-hydrogen) atoms. The van der Waals surface area contributed by atoms with E-state index in [-0.39, 0.29) is 18.0 Å². The molecule has 2 aromatic rings. The van der Waals surface area contributed by atoms with Crippen molar-refractivity contribution >= 4 is 40.1 Å². The molecule has 1 unspecified atom stereocenters. The summed E-state index contributed by atoms with van der Waals surface area (Å²) in [6, 6.07) is 13.7. The number of anilines is 1. The van der Waals surface area contributed by atoms with E-state index in [4.69, 9.17) is 0 Å². The Labute approximate surface area is 173 Å². The van der Waals surface area contributed by atoms with Crippen molar-refractivity contribution in [2.45, 2.75) is 25.0 Å². The highest BCUT2D eigenvalue weighted by Gasteiger charge is 2.38. The van der Waals surface area contributed by atoms with E-state index in [0.717, 1.165) is 12.1 Å². The fraction of sp³-hybridized carbons (Fsp3) is 0.227. The number of halogens is 1. The van der Waals surface area contributed by atoms with Crippen LogP contribution in [0.25, 0.3) is 0 Å². The lowest BCUT2D eigenvalue weighted by molar-refractivity contribution is -0.127. The van der Waals surface area contributed by atoms with Gasteiger partial charge in [-0.1, -0.05) is 49.0 Å². The molecule has 7 heteroatoms. The summed E-state index contributed by atoms with van der Waals surface area (Å²) >= 11 is 1.24. The zero-order chi connectivity index (χ0) is 20.8. The fourth-order valence-electron chi connectivity index (χ4n) is 2.87. The lowest BCUT2D eigenvalue weighted by Crippen LogP contribution is -2.33. The molecule has 3 rings (SSSR count). The standard InChI is InChI=1S/C22H22FN3O2S/c1-3-13-26-21(28)19(14-20(27)25-18-8-6-5-7-17(18)23)29-22(26)24-16-11-9-15(4-2)10-12-16/h3,5-12,19H,1,4,13-14H2,2H3,(H,25,27). The van der Waals surface area contributed by atoms with Crippen molar-refractivity contribution < 1.29 is 14.0 Å². The second-order valence-electron chi connectivity index (χ2n) is 6.49. The van der Waals surface area contributed by atoms with Gasteiger partial charge in [-0.05, 0) is 36.2 Å². The molecule has 0 aromatic heterocycles. The fourth-order valence-corrected chi connectivity index (χ4v) is 4.04. The summed E-state index contributed by atoms with van der Waals surface area (Å²) in [5.41, 5.74) is 2.04. The minimum atomic E-state index is -0.615. The average Bonchev–Trinajstić information content (AvgIpc) is 2.99. The first-order chi connectivity index (χ1) is 14.0. The molecule has 2 amide bonds. The first kappa shape index (κ1) is 20.8. The lowest BCUT2D eigenvalue weighted by Gasteiger charge is -2.14. The number of aryl methyl sites for hydroxylation is 1. The Morgan fingerprint density at radius 1 is 1.28 bits per heavy atom. The Hall–Kier alpha value is -2.93. The van der Waals surface area contributed by atoms with Gasteiger partial charge in [-0.25, -0.2) is 9.38 Å². The minimum Gasteiger partial charge on any atom is -0.324 e. The Bertz CT molecular complexity index is 943. The third-order valence-corrected chi connectivity index (χ3v) is 5.60. The molecule has 1 heterocycles. The van der Waals surface area contributed by atoms with Crippen molar-refractivity contribution in [3.8, 4) is 0 Å². The van der Waals surface area contributed by atoms with Crippen LogP contribution in [0.1, 0.15) is 18.9 Å². The van der Waals surface area contributed by atoms with Gasteiger partial charge >= 0.3 is 0 Å². The Kier molecular flexibility index (Phi) is 6.82. The largest absolute Gasteiger partial charge is 0.324 e. The molecule has 1 atom stereocenters. The third-order valence-electron chi connectivity index (χ3n) is 4.42. The maximum atomic E-state index is 13.7. The van der Waals surface area contributed by atoms with Gasteiger partial charge in [-0.15, -0.1) is 6.58 Å². The van der Waals surface area contributed by atoms with Crippen molar-refractivity contribution in [3.05, 3.63) is 72.6 Å². The summed E-state index contributed by atoms with van der Waals surface area (Å²) in [4.78, 5) is 31.2. The molecule has 0 spiro atoms. The van der Waals surface area contributed by atoms with Crippen LogP contribution in [-0.4, -0.2) is 33.7 Å². The molecular weight excluding hydrogens is 389 g/mol. The third kappa shape index (κ3) is 5.12. The summed E-state index contributed by atoms with van der Waals surface area (Å²) in [6.45, 7) is 6.08. The molecule has 1 saturated heterocycles. The number of nitrogens with zero attached hydrogens (tertiary/aromatic N) is 2. The molecule has 1 N–H and O–H groups in total. The van der Waals surface area contributed by atoms with E-state index in [1.54, 1.807) is 18.2 Å². The van der Waals surface area contributed by atoms with Crippen molar-refractivity contribution in [1.29, 1.82) is 0 Å². The molecule has 1 aliphatic rings. The van der Waals surface area contributed by atoms with E-state index in [1.807, 2.05) is 24.3 Å². The number of amidine groups is 1. The zero-order valence-corrected chi connectivity index (χ0v) is 16.9. The minimum absolute atomic E-state index is 0.0702. The van der Waals surface area contributed by atoms with Crippen LogP contribution >= 0.6 is 11.8 Å². The molecule has 0 radical (unpaired) electrons. The van der Waals surface area contributed by atoms with Crippen molar-refractivity contribution in [2.24, 2.45) is 4.99 Å². The second kappa shape index (κ2) is 9.52. The van der Waals surface area contributed by atoms with Crippen LogP contribution in [0.3, 0.4) is 0 Å². The topological polar surface area (TPSA) is 61.8 Å². The molecular formula is C22H22FN3O2S. The van der Waals surface area contributed by atoms with E-state index < -0.39 is 17.0 Å². The highest BCUT2D eigenvalue weighted by Crippen LogP contribution is 2.32. The number of para-hydroxylation sites is 1. The van der Waals surface area contributed by atoms with Crippen LogP contribution in [-0.2, 0) is 16.0 Å². The second-order valence-corrected chi connectivity index (χ2v) is 7.66. The summed E-state index contributed by atoms with van der Waals surface area (Å²) in [7, 11) is 0. The summed E-state index contributed by atoms with van der Waals surface area (Å²) in [5.74, 6) is -1.15. The maximum Gasteiger partial charge on any atom is 0.242 e. The Morgan fingerprint density at radius 2 is 2.00 bits per heavy atom. The van der Waals surface area contributed by atoms with Crippen LogP contribution < -0.4 is 5.32 Å². The normalized spacial score (nSPS) is 17.6. The predicted octanol–water partition coefficient (Wildman–Crippen LogP) is 4.53. The summed E-state index contributed by atoms with van der Waals surface area (Å²) < 4.78 is 13.7. The molecule has 1 fully saturated rings. The maximum absolute atomic E-state index is 13.7. The van der Waals surface area contributed by atoms with Gasteiger partial charge in [-0.3, -0.25) is 14.5 Å². The molecule has 5 nitrogen and oxygen atoms in total. The van der Waals surface area contributed by atoms with Crippen LogP contribution in [0.15, 0.2) is 66.2 Å². The van der Waals surface area contributed by atoms with Gasteiger partial charge in [-0.2, -0.15) is 0 Å². The zero-order valence-electron chi connectivity index (χ0n) is 16.1. The number of amides is 2. The number of aliphatic imine (C=N–C) groups is 1. The number of nitrogens with one attached hydrogen (secondary N) is 1. The number of rotatable bonds is 7. The van der Waals surface area contributed by atoms with Crippen LogP contribution in [0.4, 0.5) is 15.8 Å². The van der Waals surface area contributed by atoms with Gasteiger partial charge < -0.3 is 5.32 Å². The van der Waals surface area contributed by atoms with Gasteiger partial charge in [0.25, 0.3) is 0 Å². The van der Waals surface area contributed by atoms with Crippen molar-refractivity contribution in [3.63, 3.8) is 0 Å². The van der Waals surface area contributed by atoms with Gasteiger partial charge in [0.2, 0.25) is 11.8 Å². The quantitative estimate of drug-likeness (QED) is 0.681. The molecule has 2 aromatic carbocycles. The lowest BCUT2D eigenvalue weighted by atomic mass is 10.2. The Balaban J connectivity index is 1.74.